The summed E-state index contributed by atoms with van der Waals surface area (Å²) < 4.78 is 0. The lowest BCUT2D eigenvalue weighted by molar-refractivity contribution is -0.127. The van der Waals surface area contributed by atoms with Crippen LogP contribution < -0.4 is 5.43 Å². The lowest BCUT2D eigenvalue weighted by atomic mass is 9.72. The highest BCUT2D eigenvalue weighted by Gasteiger charge is 2.53. The second kappa shape index (κ2) is 6.73. The second-order valence-electron chi connectivity index (χ2n) is 7.98. The summed E-state index contributed by atoms with van der Waals surface area (Å²) in [7, 11) is 4.00. The quantitative estimate of drug-likeness (QED) is 0.806. The van der Waals surface area contributed by atoms with Gasteiger partial charge in [0.1, 0.15) is 5.71 Å². The largest absolute Gasteiger partial charge is 0.390 e. The van der Waals surface area contributed by atoms with Crippen molar-refractivity contribution in [2.45, 2.75) is 43.2 Å². The highest BCUT2D eigenvalue weighted by atomic mass is 16.3. The summed E-state index contributed by atoms with van der Waals surface area (Å²) in [5.41, 5.74) is 4.90. The summed E-state index contributed by atoms with van der Waals surface area (Å²) in [5, 5.41) is 15.2. The van der Waals surface area contributed by atoms with Gasteiger partial charge >= 0.3 is 0 Å². The van der Waals surface area contributed by atoms with Crippen LogP contribution >= 0.6 is 0 Å². The number of amides is 2. The fourth-order valence-corrected chi connectivity index (χ4v) is 4.89. The van der Waals surface area contributed by atoms with Crippen molar-refractivity contribution < 1.29 is 14.7 Å². The van der Waals surface area contributed by atoms with E-state index in [1.54, 1.807) is 4.90 Å². The normalized spacial score (nSPS) is 26.7. The highest BCUT2D eigenvalue weighted by Crippen LogP contribution is 2.52. The first-order chi connectivity index (χ1) is 12.9. The number of likely N-dealkylation sites (N-methyl/N-ethyl adjacent to an activating group) is 1. The molecule has 4 rings (SSSR count). The van der Waals surface area contributed by atoms with E-state index in [1.807, 2.05) is 26.2 Å². The molecule has 1 saturated heterocycles. The summed E-state index contributed by atoms with van der Waals surface area (Å²) in [5.74, 6) is -0.251. The molecule has 1 spiro atoms. The van der Waals surface area contributed by atoms with Gasteiger partial charge in [-0.25, -0.2) is 5.43 Å². The molecular formula is C20H26N4O3. The van der Waals surface area contributed by atoms with Crippen LogP contribution in [0.25, 0.3) is 0 Å². The van der Waals surface area contributed by atoms with E-state index in [9.17, 15) is 14.7 Å². The van der Waals surface area contributed by atoms with Crippen LogP contribution in [0.4, 0.5) is 0 Å². The molecule has 0 saturated carbocycles. The number of aliphatic hydroxyl groups is 1. The molecule has 2 heterocycles. The van der Waals surface area contributed by atoms with Crippen molar-refractivity contribution in [1.82, 2.24) is 15.2 Å². The zero-order valence-corrected chi connectivity index (χ0v) is 15.8. The van der Waals surface area contributed by atoms with Crippen LogP contribution in [0.15, 0.2) is 29.4 Å². The predicted octanol–water partition coefficient (Wildman–Crippen LogP) is 0.790. The SMILES string of the molecule is CN(C)[C@@H]1c2ccccc2C2(CCN(C(=O)C3=NNC(=O)CC3)CC2)[C@H]1O. The molecule has 2 amide bonds. The predicted molar refractivity (Wildman–Crippen MR) is 101 cm³/mol. The summed E-state index contributed by atoms with van der Waals surface area (Å²) in [6.07, 6.45) is 1.65. The number of rotatable bonds is 2. The van der Waals surface area contributed by atoms with Crippen molar-refractivity contribution in [2.75, 3.05) is 27.2 Å². The number of fused-ring (bicyclic) bond motifs is 2. The van der Waals surface area contributed by atoms with Gasteiger partial charge in [0, 0.05) is 31.3 Å². The maximum Gasteiger partial charge on any atom is 0.270 e. The zero-order valence-electron chi connectivity index (χ0n) is 15.8. The third-order valence-electron chi connectivity index (χ3n) is 6.33. The molecule has 2 atom stereocenters. The molecule has 27 heavy (non-hydrogen) atoms. The number of carbonyl (C=O) groups excluding carboxylic acids is 2. The Morgan fingerprint density at radius 3 is 2.59 bits per heavy atom. The van der Waals surface area contributed by atoms with E-state index in [0.717, 1.165) is 12.8 Å². The molecular weight excluding hydrogens is 344 g/mol. The van der Waals surface area contributed by atoms with Crippen LogP contribution in [0.2, 0.25) is 0 Å². The van der Waals surface area contributed by atoms with Gasteiger partial charge in [-0.05, 0) is 38.1 Å². The number of benzene rings is 1. The minimum Gasteiger partial charge on any atom is -0.390 e. The minimum absolute atomic E-state index is 0.0265. The summed E-state index contributed by atoms with van der Waals surface area (Å²) in [6, 6.07) is 8.26. The number of nitrogens with zero attached hydrogens (tertiary/aromatic N) is 3. The number of hydrogen-bond acceptors (Lipinski definition) is 5. The lowest BCUT2D eigenvalue weighted by Gasteiger charge is -2.43. The number of hydrogen-bond donors (Lipinski definition) is 2. The smallest absolute Gasteiger partial charge is 0.270 e. The van der Waals surface area contributed by atoms with Crippen LogP contribution in [-0.4, -0.2) is 65.7 Å². The Hall–Kier alpha value is -2.25. The van der Waals surface area contributed by atoms with Gasteiger partial charge in [-0.15, -0.1) is 0 Å². The van der Waals surface area contributed by atoms with Gasteiger partial charge in [-0.2, -0.15) is 5.10 Å². The summed E-state index contributed by atoms with van der Waals surface area (Å²) in [4.78, 5) is 27.9. The molecule has 0 bridgehead atoms. The average Bonchev–Trinajstić information content (AvgIpc) is 2.91. The molecule has 3 aliphatic rings. The van der Waals surface area contributed by atoms with E-state index in [-0.39, 0.29) is 23.3 Å². The standard InChI is InChI=1S/C20H26N4O3/c1-23(2)17-13-5-3-4-6-14(13)20(18(17)26)9-11-24(12-10-20)19(27)15-7-8-16(25)22-21-15/h3-6,17-18,26H,7-12H2,1-2H3,(H,22,25)/t17-,18+/m1/s1. The fraction of sp³-hybridized carbons (Fsp3) is 0.550. The Morgan fingerprint density at radius 1 is 1.26 bits per heavy atom. The van der Waals surface area contributed by atoms with Crippen molar-refractivity contribution in [1.29, 1.82) is 0 Å². The molecule has 7 heteroatoms. The zero-order chi connectivity index (χ0) is 19.2. The summed E-state index contributed by atoms with van der Waals surface area (Å²) in [6.45, 7) is 1.16. The molecule has 1 aliphatic carbocycles. The molecule has 1 aromatic carbocycles. The first-order valence-electron chi connectivity index (χ1n) is 9.52. The monoisotopic (exact) mass is 370 g/mol. The molecule has 0 aromatic heterocycles. The third kappa shape index (κ3) is 2.85. The minimum atomic E-state index is -0.492. The van der Waals surface area contributed by atoms with E-state index in [4.69, 9.17) is 0 Å². The first kappa shape index (κ1) is 18.1. The van der Waals surface area contributed by atoms with Crippen molar-refractivity contribution >= 4 is 17.5 Å². The van der Waals surface area contributed by atoms with Crippen LogP contribution in [-0.2, 0) is 15.0 Å². The van der Waals surface area contributed by atoms with E-state index >= 15 is 0 Å². The van der Waals surface area contributed by atoms with E-state index in [1.165, 1.54) is 11.1 Å². The number of carbonyl (C=O) groups is 2. The molecule has 0 radical (unpaired) electrons. The Bertz CT molecular complexity index is 796. The number of piperidine rings is 1. The number of likely N-dealkylation sites (tertiary alicyclic amines) is 1. The Morgan fingerprint density at radius 2 is 1.96 bits per heavy atom. The lowest BCUT2D eigenvalue weighted by Crippen LogP contribution is -2.52. The van der Waals surface area contributed by atoms with Crippen molar-refractivity contribution in [2.24, 2.45) is 5.10 Å². The molecule has 1 fully saturated rings. The van der Waals surface area contributed by atoms with E-state index in [2.05, 4.69) is 27.6 Å². The van der Waals surface area contributed by atoms with Gasteiger partial charge in [0.2, 0.25) is 5.91 Å². The number of hydrazone groups is 1. The Labute approximate surface area is 159 Å². The summed E-state index contributed by atoms with van der Waals surface area (Å²) >= 11 is 0. The highest BCUT2D eigenvalue weighted by molar-refractivity contribution is 6.39. The van der Waals surface area contributed by atoms with Crippen molar-refractivity contribution in [3.05, 3.63) is 35.4 Å². The van der Waals surface area contributed by atoms with Gasteiger partial charge < -0.3 is 14.9 Å². The maximum atomic E-state index is 12.7. The van der Waals surface area contributed by atoms with E-state index < -0.39 is 6.10 Å². The fourth-order valence-electron chi connectivity index (χ4n) is 4.89. The van der Waals surface area contributed by atoms with Crippen molar-refractivity contribution in [3.63, 3.8) is 0 Å². The van der Waals surface area contributed by atoms with Gasteiger partial charge in [-0.3, -0.25) is 9.59 Å². The van der Waals surface area contributed by atoms with Gasteiger partial charge in [0.25, 0.3) is 5.91 Å². The Kier molecular flexibility index (Phi) is 4.52. The number of aliphatic hydroxyl groups excluding tert-OH is 1. The maximum absolute atomic E-state index is 12.7. The van der Waals surface area contributed by atoms with Crippen LogP contribution in [0.3, 0.4) is 0 Å². The van der Waals surface area contributed by atoms with Gasteiger partial charge in [-0.1, -0.05) is 24.3 Å². The molecule has 7 nitrogen and oxygen atoms in total. The third-order valence-corrected chi connectivity index (χ3v) is 6.33. The van der Waals surface area contributed by atoms with Crippen LogP contribution in [0.5, 0.6) is 0 Å². The van der Waals surface area contributed by atoms with Crippen LogP contribution in [0, 0.1) is 0 Å². The van der Waals surface area contributed by atoms with Crippen molar-refractivity contribution in [3.8, 4) is 0 Å². The van der Waals surface area contributed by atoms with Gasteiger partial charge in [0.15, 0.2) is 0 Å². The van der Waals surface area contributed by atoms with Gasteiger partial charge in [0.05, 0.1) is 12.1 Å². The molecule has 144 valence electrons. The average molecular weight is 370 g/mol. The molecule has 1 aromatic rings. The topological polar surface area (TPSA) is 85.2 Å². The molecule has 2 aliphatic heterocycles. The van der Waals surface area contributed by atoms with Crippen LogP contribution in [0.1, 0.15) is 42.9 Å². The first-order valence-corrected chi connectivity index (χ1v) is 9.52. The molecule has 2 N–H and O–H groups in total. The second-order valence-corrected chi connectivity index (χ2v) is 7.98. The molecule has 0 unspecified atom stereocenters. The number of nitrogens with one attached hydrogen (secondary N) is 1. The Balaban J connectivity index is 1.55. The van der Waals surface area contributed by atoms with E-state index in [0.29, 0.717) is 31.6 Å².